The summed E-state index contributed by atoms with van der Waals surface area (Å²) in [4.78, 5) is 2.37. The molecule has 0 bridgehead atoms. The van der Waals surface area contributed by atoms with Gasteiger partial charge in [0.2, 0.25) is 0 Å². The molecule has 3 heteroatoms. The number of nitrogens with zero attached hydrogens (tertiary/aromatic N) is 2. The number of fused-ring (bicyclic) bond motifs is 1. The van der Waals surface area contributed by atoms with Crippen LogP contribution in [0, 0.1) is 29.1 Å². The lowest BCUT2D eigenvalue weighted by molar-refractivity contribution is 0.612. The first-order valence-electron chi connectivity index (χ1n) is 5.64. The Bertz CT molecular complexity index is 465. The monoisotopic (exact) mass is 232 g/mol. The molecule has 0 N–H and O–H groups in total. The number of piperidine rings is 1. The first-order chi connectivity index (χ1) is 7.72. The molecule has 1 heterocycles. The molecule has 0 unspecified atom stereocenters. The van der Waals surface area contributed by atoms with Crippen molar-refractivity contribution < 1.29 is 0 Å². The summed E-state index contributed by atoms with van der Waals surface area (Å²) in [6.45, 7) is 3.22. The topological polar surface area (TPSA) is 27.0 Å². The van der Waals surface area contributed by atoms with Crippen LogP contribution in [-0.2, 0) is 0 Å². The van der Waals surface area contributed by atoms with E-state index in [0.717, 1.165) is 11.6 Å². The number of benzene rings is 1. The molecular formula is C13H13ClN2. The Hall–Kier alpha value is -1.20. The lowest BCUT2D eigenvalue weighted by atomic mass is 10.1. The Kier molecular flexibility index (Phi) is 2.12. The molecule has 0 aromatic heterocycles. The van der Waals surface area contributed by atoms with E-state index in [2.05, 4.69) is 24.0 Å². The van der Waals surface area contributed by atoms with Crippen molar-refractivity contribution in [3.63, 3.8) is 0 Å². The maximum atomic E-state index is 8.94. The van der Waals surface area contributed by atoms with Crippen molar-refractivity contribution in [3.8, 4) is 6.07 Å². The van der Waals surface area contributed by atoms with Gasteiger partial charge in [0, 0.05) is 29.2 Å². The van der Waals surface area contributed by atoms with E-state index in [1.165, 1.54) is 5.69 Å². The minimum Gasteiger partial charge on any atom is -0.368 e. The molecule has 0 amide bonds. The minimum absolute atomic E-state index is 0.297. The van der Waals surface area contributed by atoms with Gasteiger partial charge in [0.25, 0.3) is 0 Å². The highest BCUT2D eigenvalue weighted by Gasteiger charge is 2.60. The van der Waals surface area contributed by atoms with Crippen LogP contribution in [0.1, 0.15) is 6.92 Å². The van der Waals surface area contributed by atoms with Gasteiger partial charge in [0.1, 0.15) is 0 Å². The summed E-state index contributed by atoms with van der Waals surface area (Å²) in [6.07, 6.45) is 0. The number of anilines is 1. The normalized spacial score (nSPS) is 35.7. The van der Waals surface area contributed by atoms with Gasteiger partial charge in [-0.3, -0.25) is 0 Å². The van der Waals surface area contributed by atoms with Crippen molar-refractivity contribution in [2.24, 2.45) is 17.8 Å². The molecule has 0 radical (unpaired) electrons. The second kappa shape index (κ2) is 3.40. The van der Waals surface area contributed by atoms with E-state index in [1.807, 2.05) is 18.2 Å². The standard InChI is InChI=1S/C13H13ClN2/c1-8-13-11(6-15)12(13)7-16(8)10-4-2-3-9(14)5-10/h2-5,8,11-13H,7H2,1H3/t8-,11-,12-,13+/m1/s1. The van der Waals surface area contributed by atoms with E-state index in [4.69, 9.17) is 16.9 Å². The highest BCUT2D eigenvalue weighted by molar-refractivity contribution is 6.30. The third kappa shape index (κ3) is 1.32. The second-order valence-corrected chi connectivity index (χ2v) is 5.21. The third-order valence-electron chi connectivity index (χ3n) is 3.97. The zero-order chi connectivity index (χ0) is 11.3. The van der Waals surface area contributed by atoms with Crippen molar-refractivity contribution in [2.75, 3.05) is 11.4 Å². The summed E-state index contributed by atoms with van der Waals surface area (Å²) in [5.74, 6) is 1.45. The van der Waals surface area contributed by atoms with Gasteiger partial charge in [0.15, 0.2) is 0 Å². The van der Waals surface area contributed by atoms with Crippen LogP contribution in [0.2, 0.25) is 5.02 Å². The number of hydrogen-bond donors (Lipinski definition) is 0. The largest absolute Gasteiger partial charge is 0.368 e. The fourth-order valence-corrected chi connectivity index (χ4v) is 3.26. The van der Waals surface area contributed by atoms with Gasteiger partial charge < -0.3 is 4.90 Å². The molecule has 2 nitrogen and oxygen atoms in total. The molecular weight excluding hydrogens is 220 g/mol. The van der Waals surface area contributed by atoms with Gasteiger partial charge in [-0.25, -0.2) is 0 Å². The van der Waals surface area contributed by atoms with Crippen molar-refractivity contribution in [3.05, 3.63) is 29.3 Å². The van der Waals surface area contributed by atoms with Gasteiger partial charge in [-0.15, -0.1) is 0 Å². The molecule has 4 atom stereocenters. The molecule has 1 saturated heterocycles. The fourth-order valence-electron chi connectivity index (χ4n) is 3.07. The smallest absolute Gasteiger partial charge is 0.0663 e. The van der Waals surface area contributed by atoms with Gasteiger partial charge in [0.05, 0.1) is 12.0 Å². The molecule has 0 spiro atoms. The van der Waals surface area contributed by atoms with E-state index in [9.17, 15) is 0 Å². The van der Waals surface area contributed by atoms with Crippen molar-refractivity contribution >= 4 is 17.3 Å². The zero-order valence-corrected chi connectivity index (χ0v) is 9.85. The second-order valence-electron chi connectivity index (χ2n) is 4.77. The van der Waals surface area contributed by atoms with Crippen LogP contribution >= 0.6 is 11.6 Å². The number of hydrogen-bond acceptors (Lipinski definition) is 2. The summed E-state index contributed by atoms with van der Waals surface area (Å²) in [6, 6.07) is 10.8. The van der Waals surface area contributed by atoms with Crippen molar-refractivity contribution in [1.82, 2.24) is 0 Å². The zero-order valence-electron chi connectivity index (χ0n) is 9.10. The van der Waals surface area contributed by atoms with E-state index >= 15 is 0 Å². The van der Waals surface area contributed by atoms with E-state index in [1.54, 1.807) is 0 Å². The number of halogens is 1. The predicted molar refractivity (Wildman–Crippen MR) is 64.3 cm³/mol. The first-order valence-corrected chi connectivity index (χ1v) is 6.02. The molecule has 2 aliphatic rings. The van der Waals surface area contributed by atoms with Crippen LogP contribution in [0.5, 0.6) is 0 Å². The Morgan fingerprint density at radius 1 is 1.50 bits per heavy atom. The summed E-state index contributed by atoms with van der Waals surface area (Å²) in [5.41, 5.74) is 1.18. The number of nitriles is 1. The van der Waals surface area contributed by atoms with Crippen molar-refractivity contribution in [1.29, 1.82) is 5.26 Å². The van der Waals surface area contributed by atoms with Crippen LogP contribution in [0.4, 0.5) is 5.69 Å². The first kappa shape index (κ1) is 9.99. The molecule has 1 aromatic carbocycles. The van der Waals surface area contributed by atoms with E-state index in [-0.39, 0.29) is 0 Å². The van der Waals surface area contributed by atoms with Gasteiger partial charge in [-0.2, -0.15) is 5.26 Å². The fraction of sp³-hybridized carbons (Fsp3) is 0.462. The van der Waals surface area contributed by atoms with Crippen molar-refractivity contribution in [2.45, 2.75) is 13.0 Å². The summed E-state index contributed by atoms with van der Waals surface area (Å²) in [7, 11) is 0. The Morgan fingerprint density at radius 2 is 2.31 bits per heavy atom. The molecule has 82 valence electrons. The summed E-state index contributed by atoms with van der Waals surface area (Å²) >= 11 is 6.00. The van der Waals surface area contributed by atoms with Crippen LogP contribution in [0.15, 0.2) is 24.3 Å². The average Bonchev–Trinajstić information content (AvgIpc) is 2.88. The SMILES string of the molecule is C[C@@H]1[C@H]2[C@H](C#N)[C@H]2CN1c1cccc(Cl)c1. The quantitative estimate of drug-likeness (QED) is 0.745. The Morgan fingerprint density at radius 3 is 2.88 bits per heavy atom. The van der Waals surface area contributed by atoms with Crippen LogP contribution in [0.25, 0.3) is 0 Å². The van der Waals surface area contributed by atoms with Gasteiger partial charge in [-0.1, -0.05) is 17.7 Å². The summed E-state index contributed by atoms with van der Waals surface area (Å²) < 4.78 is 0. The summed E-state index contributed by atoms with van der Waals surface area (Å²) in [5, 5.41) is 9.72. The highest BCUT2D eigenvalue weighted by atomic mass is 35.5. The lowest BCUT2D eigenvalue weighted by Crippen LogP contribution is -2.31. The molecule has 16 heavy (non-hydrogen) atoms. The lowest BCUT2D eigenvalue weighted by Gasteiger charge is -2.27. The molecule has 1 saturated carbocycles. The Balaban J connectivity index is 1.83. The maximum Gasteiger partial charge on any atom is 0.0663 e. The molecule has 3 rings (SSSR count). The molecule has 1 aliphatic carbocycles. The predicted octanol–water partition coefficient (Wildman–Crippen LogP) is 2.93. The number of rotatable bonds is 1. The molecule has 1 aromatic rings. The average molecular weight is 233 g/mol. The van der Waals surface area contributed by atoms with Crippen LogP contribution in [0.3, 0.4) is 0 Å². The molecule has 1 aliphatic heterocycles. The maximum absolute atomic E-state index is 8.94. The highest BCUT2D eigenvalue weighted by Crippen LogP contribution is 2.55. The molecule has 2 fully saturated rings. The van der Waals surface area contributed by atoms with E-state index < -0.39 is 0 Å². The van der Waals surface area contributed by atoms with Crippen LogP contribution < -0.4 is 4.90 Å². The Labute approximate surface area is 100 Å². The van der Waals surface area contributed by atoms with Crippen LogP contribution in [-0.4, -0.2) is 12.6 Å². The third-order valence-corrected chi connectivity index (χ3v) is 4.21. The minimum atomic E-state index is 0.297. The van der Waals surface area contributed by atoms with Gasteiger partial charge >= 0.3 is 0 Å². The van der Waals surface area contributed by atoms with Gasteiger partial charge in [-0.05, 0) is 31.0 Å². The van der Waals surface area contributed by atoms with E-state index in [0.29, 0.717) is 23.8 Å².